The number of aryl methyl sites for hydroxylation is 2. The number of nitrogen functional groups attached to an aromatic ring is 1. The highest BCUT2D eigenvalue weighted by Gasteiger charge is 2.30. The molecular weight excluding hydrogens is 450 g/mol. The number of phenolic OH excluding ortho intramolecular Hbond substituents is 1. The van der Waals surface area contributed by atoms with Gasteiger partial charge < -0.3 is 10.8 Å². The summed E-state index contributed by atoms with van der Waals surface area (Å²) in [5, 5.41) is 14.5. The normalized spacial score (nSPS) is 12.2. The topological polar surface area (TPSA) is 123 Å². The predicted molar refractivity (Wildman–Crippen MR) is 132 cm³/mol. The highest BCUT2D eigenvalue weighted by Crippen LogP contribution is 2.35. The molecule has 3 aromatic carbocycles. The van der Waals surface area contributed by atoms with Gasteiger partial charge in [0, 0.05) is 5.56 Å². The fourth-order valence-electron chi connectivity index (χ4n) is 3.72. The van der Waals surface area contributed by atoms with Crippen LogP contribution in [0.5, 0.6) is 5.75 Å². The van der Waals surface area contributed by atoms with Crippen LogP contribution in [0.25, 0.3) is 22.2 Å². The van der Waals surface area contributed by atoms with Crippen LogP contribution in [0.1, 0.15) is 16.7 Å². The summed E-state index contributed by atoms with van der Waals surface area (Å²) in [6.45, 7) is 3.77. The van der Waals surface area contributed by atoms with Crippen LogP contribution in [0.15, 0.2) is 81.6 Å². The van der Waals surface area contributed by atoms with Gasteiger partial charge in [0.2, 0.25) is 9.84 Å². The Morgan fingerprint density at radius 1 is 0.941 bits per heavy atom. The molecule has 0 radical (unpaired) electrons. The molecule has 5 aromatic rings. The number of para-hydroxylation sites is 3. The number of aromatic nitrogens is 3. The van der Waals surface area contributed by atoms with Gasteiger partial charge in [0.25, 0.3) is 0 Å². The highest BCUT2D eigenvalue weighted by molar-refractivity contribution is 7.92. The van der Waals surface area contributed by atoms with E-state index in [9.17, 15) is 13.5 Å². The van der Waals surface area contributed by atoms with Crippen molar-refractivity contribution in [3.8, 4) is 5.75 Å². The third-order valence-corrected chi connectivity index (χ3v) is 7.55. The Balaban J connectivity index is 1.81. The monoisotopic (exact) mass is 471 g/mol. The predicted octanol–water partition coefficient (Wildman–Crippen LogP) is 4.20. The molecule has 3 N–H and O–H groups in total. The van der Waals surface area contributed by atoms with Crippen LogP contribution in [-0.4, -0.2) is 34.4 Å². The van der Waals surface area contributed by atoms with E-state index in [1.807, 2.05) is 19.9 Å². The van der Waals surface area contributed by atoms with E-state index < -0.39 is 9.84 Å². The van der Waals surface area contributed by atoms with Crippen molar-refractivity contribution in [1.29, 1.82) is 0 Å². The quantitative estimate of drug-likeness (QED) is 0.379. The molecule has 5 rings (SSSR count). The number of nitrogens with two attached hydrogens (primary N) is 1. The van der Waals surface area contributed by atoms with Gasteiger partial charge in [-0.15, -0.1) is 0 Å². The molecule has 0 aliphatic carbocycles. The first-order valence-electron chi connectivity index (χ1n) is 10.5. The Labute approximate surface area is 195 Å². The molecule has 0 saturated carbocycles. The number of sulfone groups is 1. The van der Waals surface area contributed by atoms with Crippen LogP contribution in [0.4, 0.5) is 5.82 Å². The Hall–Kier alpha value is -4.24. The summed E-state index contributed by atoms with van der Waals surface area (Å²) < 4.78 is 28.8. The first kappa shape index (κ1) is 21.6. The van der Waals surface area contributed by atoms with Crippen LogP contribution in [0, 0.1) is 13.8 Å². The second-order valence-electron chi connectivity index (χ2n) is 7.96. The van der Waals surface area contributed by atoms with Crippen molar-refractivity contribution >= 4 is 44.1 Å². The van der Waals surface area contributed by atoms with E-state index in [1.165, 1.54) is 17.0 Å². The molecular formula is C25H21N5O3S. The van der Waals surface area contributed by atoms with E-state index in [-0.39, 0.29) is 32.5 Å². The van der Waals surface area contributed by atoms with Gasteiger partial charge in [0.05, 0.1) is 22.1 Å². The number of fused-ring (bicyclic) bond motifs is 2. The average Bonchev–Trinajstić information content (AvgIpc) is 3.09. The molecule has 0 amide bonds. The van der Waals surface area contributed by atoms with Gasteiger partial charge in [-0.05, 0) is 61.4 Å². The van der Waals surface area contributed by atoms with Crippen molar-refractivity contribution in [2.24, 2.45) is 5.10 Å². The summed E-state index contributed by atoms with van der Waals surface area (Å²) in [6, 6.07) is 18.7. The van der Waals surface area contributed by atoms with Gasteiger partial charge in [-0.3, -0.25) is 0 Å². The number of rotatable bonds is 4. The van der Waals surface area contributed by atoms with Crippen molar-refractivity contribution in [2.75, 3.05) is 5.73 Å². The summed E-state index contributed by atoms with van der Waals surface area (Å²) in [7, 11) is -4.05. The van der Waals surface area contributed by atoms with E-state index in [0.29, 0.717) is 16.6 Å². The smallest absolute Gasteiger partial charge is 0.212 e. The zero-order valence-corrected chi connectivity index (χ0v) is 19.3. The molecule has 170 valence electrons. The zero-order chi connectivity index (χ0) is 24.0. The fourth-order valence-corrected chi connectivity index (χ4v) is 5.29. The largest absolute Gasteiger partial charge is 0.507 e. The Bertz CT molecular complexity index is 1720. The standard InChI is InChI=1S/C25H21N5O3S/c1-15-11-12-18(13-16(15)2)34(32,33)23-22-25(29-20-9-5-4-8-19(20)28-22)30(24(23)26)27-14-17-7-3-6-10-21(17)31/h3-14,31H,26H2,1-2H3. The van der Waals surface area contributed by atoms with E-state index in [1.54, 1.807) is 54.6 Å². The van der Waals surface area contributed by atoms with Crippen molar-refractivity contribution in [3.63, 3.8) is 0 Å². The second-order valence-corrected chi connectivity index (χ2v) is 9.85. The van der Waals surface area contributed by atoms with Crippen molar-refractivity contribution in [3.05, 3.63) is 83.4 Å². The van der Waals surface area contributed by atoms with E-state index in [4.69, 9.17) is 5.73 Å². The van der Waals surface area contributed by atoms with Crippen molar-refractivity contribution < 1.29 is 13.5 Å². The summed E-state index contributed by atoms with van der Waals surface area (Å²) in [4.78, 5) is 9.17. The summed E-state index contributed by atoms with van der Waals surface area (Å²) in [6.07, 6.45) is 1.40. The molecule has 0 saturated heterocycles. The number of anilines is 1. The Morgan fingerprint density at radius 2 is 1.62 bits per heavy atom. The van der Waals surface area contributed by atoms with Crippen LogP contribution in [0.3, 0.4) is 0 Å². The van der Waals surface area contributed by atoms with Gasteiger partial charge in [-0.1, -0.05) is 30.3 Å². The maximum absolute atomic E-state index is 13.8. The third-order valence-electron chi connectivity index (χ3n) is 5.74. The van der Waals surface area contributed by atoms with Gasteiger partial charge >= 0.3 is 0 Å². The molecule has 2 heterocycles. The fraction of sp³-hybridized carbons (Fsp3) is 0.0800. The Kier molecular flexibility index (Phi) is 5.06. The van der Waals surface area contributed by atoms with Crippen LogP contribution < -0.4 is 5.73 Å². The summed E-state index contributed by atoms with van der Waals surface area (Å²) >= 11 is 0. The molecule has 0 spiro atoms. The van der Waals surface area contributed by atoms with Crippen LogP contribution in [0.2, 0.25) is 0 Å². The number of aromatic hydroxyl groups is 1. The van der Waals surface area contributed by atoms with Crippen molar-refractivity contribution in [2.45, 2.75) is 23.6 Å². The van der Waals surface area contributed by atoms with Gasteiger partial charge in [-0.2, -0.15) is 9.78 Å². The highest BCUT2D eigenvalue weighted by atomic mass is 32.2. The SMILES string of the molecule is Cc1ccc(S(=O)(=O)c2c(N)n(N=Cc3ccccc3O)c3nc4ccccc4nc23)cc1C. The molecule has 0 unspecified atom stereocenters. The van der Waals surface area contributed by atoms with Crippen LogP contribution >= 0.6 is 0 Å². The lowest BCUT2D eigenvalue weighted by atomic mass is 10.1. The second kappa shape index (κ2) is 7.96. The molecule has 0 aliphatic rings. The molecule has 0 bridgehead atoms. The van der Waals surface area contributed by atoms with Crippen molar-refractivity contribution in [1.82, 2.24) is 14.6 Å². The number of nitrogens with zero attached hydrogens (tertiary/aromatic N) is 4. The molecule has 0 atom stereocenters. The van der Waals surface area contributed by atoms with Gasteiger partial charge in [0.15, 0.2) is 5.65 Å². The molecule has 34 heavy (non-hydrogen) atoms. The number of hydrogen-bond acceptors (Lipinski definition) is 7. The van der Waals surface area contributed by atoms with Crippen LogP contribution in [-0.2, 0) is 9.84 Å². The lowest BCUT2D eigenvalue weighted by Gasteiger charge is -2.07. The van der Waals surface area contributed by atoms with E-state index >= 15 is 0 Å². The molecule has 2 aromatic heterocycles. The minimum Gasteiger partial charge on any atom is -0.507 e. The molecule has 0 aliphatic heterocycles. The van der Waals surface area contributed by atoms with Gasteiger partial charge in [0.1, 0.15) is 22.0 Å². The van der Waals surface area contributed by atoms with Gasteiger partial charge in [-0.25, -0.2) is 18.4 Å². The first-order chi connectivity index (χ1) is 16.3. The molecule has 9 heteroatoms. The Morgan fingerprint density at radius 3 is 2.32 bits per heavy atom. The number of phenols is 1. The minimum absolute atomic E-state index is 0.0285. The van der Waals surface area contributed by atoms with E-state index in [0.717, 1.165) is 11.1 Å². The molecule has 8 nitrogen and oxygen atoms in total. The maximum atomic E-state index is 13.8. The third kappa shape index (κ3) is 3.46. The number of hydrogen-bond donors (Lipinski definition) is 2. The maximum Gasteiger partial charge on any atom is 0.212 e. The average molecular weight is 472 g/mol. The lowest BCUT2D eigenvalue weighted by Crippen LogP contribution is -2.07. The number of benzene rings is 3. The lowest BCUT2D eigenvalue weighted by molar-refractivity contribution is 0.474. The first-order valence-corrected chi connectivity index (χ1v) is 12.0. The zero-order valence-electron chi connectivity index (χ0n) is 18.5. The minimum atomic E-state index is -4.05. The summed E-state index contributed by atoms with van der Waals surface area (Å²) in [5.74, 6) is -0.0870. The van der Waals surface area contributed by atoms with E-state index in [2.05, 4.69) is 15.1 Å². The summed E-state index contributed by atoms with van der Waals surface area (Å²) in [5.41, 5.74) is 10.1. The molecule has 0 fully saturated rings.